The number of rotatable bonds is 8. The molecule has 1 atom stereocenters. The van der Waals surface area contributed by atoms with Crippen molar-refractivity contribution in [1.82, 2.24) is 0 Å². The van der Waals surface area contributed by atoms with E-state index < -0.39 is 10.7 Å². The van der Waals surface area contributed by atoms with Crippen LogP contribution in [-0.4, -0.2) is 11.0 Å². The fraction of sp³-hybridized carbons (Fsp3) is 0.571. The second-order valence-electron chi connectivity index (χ2n) is 4.81. The van der Waals surface area contributed by atoms with E-state index in [0.29, 0.717) is 0 Å². The lowest BCUT2D eigenvalue weighted by Crippen LogP contribution is -2.20. The van der Waals surface area contributed by atoms with Crippen LogP contribution in [0.15, 0.2) is 12.1 Å². The van der Waals surface area contributed by atoms with Crippen LogP contribution in [0.2, 0.25) is 0 Å². The minimum atomic E-state index is -0.466. The number of nitrogens with one attached hydrogen (secondary N) is 1. The van der Waals surface area contributed by atoms with E-state index in [0.717, 1.165) is 32.1 Å². The summed E-state index contributed by atoms with van der Waals surface area (Å²) in [7, 11) is 0. The molecule has 112 valence electrons. The van der Waals surface area contributed by atoms with Crippen molar-refractivity contribution in [2.24, 2.45) is 0 Å². The standard InChI is InChI=1S/C14H20FIN2O2/c1-3-5-7-10(6-4-2)17-13-8-11(15)12(16)9-14(13)18(19)20/h8-10,17H,3-7H2,1-2H3. The predicted molar refractivity (Wildman–Crippen MR) is 87.6 cm³/mol. The molecule has 1 rings (SSSR count). The molecule has 0 spiro atoms. The van der Waals surface area contributed by atoms with Crippen LogP contribution in [0.25, 0.3) is 0 Å². The SMILES string of the molecule is CCCCC(CCC)Nc1cc(F)c(I)cc1[N+](=O)[O-]. The van der Waals surface area contributed by atoms with Gasteiger partial charge in [0.2, 0.25) is 0 Å². The van der Waals surface area contributed by atoms with Crippen LogP contribution in [0.3, 0.4) is 0 Å². The maximum atomic E-state index is 13.6. The molecule has 0 radical (unpaired) electrons. The molecule has 0 aliphatic heterocycles. The summed E-state index contributed by atoms with van der Waals surface area (Å²) >= 11 is 1.77. The molecule has 0 aliphatic carbocycles. The first kappa shape index (κ1) is 17.1. The van der Waals surface area contributed by atoms with Gasteiger partial charge in [0.15, 0.2) is 0 Å². The average Bonchev–Trinajstić information content (AvgIpc) is 2.39. The Balaban J connectivity index is 2.98. The van der Waals surface area contributed by atoms with E-state index >= 15 is 0 Å². The third kappa shape index (κ3) is 4.88. The van der Waals surface area contributed by atoms with Crippen molar-refractivity contribution in [2.45, 2.75) is 52.0 Å². The van der Waals surface area contributed by atoms with Gasteiger partial charge in [0.25, 0.3) is 5.69 Å². The molecule has 1 N–H and O–H groups in total. The van der Waals surface area contributed by atoms with E-state index in [-0.39, 0.29) is 21.0 Å². The van der Waals surface area contributed by atoms with Crippen molar-refractivity contribution >= 4 is 34.0 Å². The van der Waals surface area contributed by atoms with Crippen LogP contribution in [0.1, 0.15) is 46.0 Å². The molecule has 0 bridgehead atoms. The molecule has 6 heteroatoms. The fourth-order valence-electron chi connectivity index (χ4n) is 2.11. The molecule has 0 heterocycles. The van der Waals surface area contributed by atoms with Gasteiger partial charge in [-0.05, 0) is 35.4 Å². The average molecular weight is 394 g/mol. The summed E-state index contributed by atoms with van der Waals surface area (Å²) in [6.45, 7) is 4.18. The number of hydrogen-bond acceptors (Lipinski definition) is 3. The summed E-state index contributed by atoms with van der Waals surface area (Å²) < 4.78 is 13.9. The smallest absolute Gasteiger partial charge is 0.293 e. The largest absolute Gasteiger partial charge is 0.377 e. The van der Waals surface area contributed by atoms with E-state index in [1.54, 1.807) is 22.6 Å². The van der Waals surface area contributed by atoms with Crippen molar-refractivity contribution in [3.05, 3.63) is 31.6 Å². The lowest BCUT2D eigenvalue weighted by molar-refractivity contribution is -0.384. The summed E-state index contributed by atoms with van der Waals surface area (Å²) in [5.74, 6) is -0.426. The van der Waals surface area contributed by atoms with Crippen molar-refractivity contribution in [3.8, 4) is 0 Å². The Labute approximate surface area is 132 Å². The molecule has 0 saturated heterocycles. The van der Waals surface area contributed by atoms with Gasteiger partial charge < -0.3 is 5.32 Å². The molecular weight excluding hydrogens is 374 g/mol. The molecule has 1 aromatic carbocycles. The van der Waals surface area contributed by atoms with E-state index in [9.17, 15) is 14.5 Å². The van der Waals surface area contributed by atoms with Gasteiger partial charge in [-0.15, -0.1) is 0 Å². The molecule has 20 heavy (non-hydrogen) atoms. The highest BCUT2D eigenvalue weighted by Crippen LogP contribution is 2.30. The van der Waals surface area contributed by atoms with Crippen LogP contribution in [-0.2, 0) is 0 Å². The maximum absolute atomic E-state index is 13.6. The van der Waals surface area contributed by atoms with Gasteiger partial charge in [0, 0.05) is 18.2 Å². The van der Waals surface area contributed by atoms with Crippen LogP contribution < -0.4 is 5.32 Å². The van der Waals surface area contributed by atoms with Crippen LogP contribution in [0, 0.1) is 19.5 Å². The first-order chi connectivity index (χ1) is 9.49. The zero-order chi connectivity index (χ0) is 15.1. The van der Waals surface area contributed by atoms with Crippen LogP contribution >= 0.6 is 22.6 Å². The molecular formula is C14H20FIN2O2. The zero-order valence-corrected chi connectivity index (χ0v) is 13.9. The van der Waals surface area contributed by atoms with Gasteiger partial charge in [-0.25, -0.2) is 4.39 Å². The number of nitro benzene ring substituents is 1. The first-order valence-corrected chi connectivity index (χ1v) is 7.97. The highest BCUT2D eigenvalue weighted by Gasteiger charge is 2.19. The van der Waals surface area contributed by atoms with E-state index in [1.807, 2.05) is 0 Å². The minimum Gasteiger partial charge on any atom is -0.377 e. The quantitative estimate of drug-likeness (QED) is 0.379. The molecule has 0 aliphatic rings. The molecule has 0 aromatic heterocycles. The molecule has 0 fully saturated rings. The molecule has 1 aromatic rings. The summed E-state index contributed by atoms with van der Waals surface area (Å²) in [6.07, 6.45) is 4.98. The Kier molecular flexibility index (Phi) is 7.18. The second kappa shape index (κ2) is 8.39. The van der Waals surface area contributed by atoms with Crippen LogP contribution in [0.5, 0.6) is 0 Å². The van der Waals surface area contributed by atoms with Crippen molar-refractivity contribution < 1.29 is 9.31 Å². The van der Waals surface area contributed by atoms with Crippen molar-refractivity contribution in [3.63, 3.8) is 0 Å². The second-order valence-corrected chi connectivity index (χ2v) is 5.97. The van der Waals surface area contributed by atoms with Gasteiger partial charge in [-0.2, -0.15) is 0 Å². The third-order valence-corrected chi connectivity index (χ3v) is 3.96. The Bertz CT molecular complexity index is 469. The predicted octanol–water partition coefficient (Wildman–Crippen LogP) is 5.11. The molecule has 0 saturated carbocycles. The lowest BCUT2D eigenvalue weighted by atomic mass is 10.0. The molecule has 0 amide bonds. The van der Waals surface area contributed by atoms with Gasteiger partial charge in [-0.3, -0.25) is 10.1 Å². The first-order valence-electron chi connectivity index (χ1n) is 6.89. The Morgan fingerprint density at radius 1 is 1.35 bits per heavy atom. The van der Waals surface area contributed by atoms with Gasteiger partial charge in [-0.1, -0.05) is 33.1 Å². The number of hydrogen-bond donors (Lipinski definition) is 1. The summed E-state index contributed by atoms with van der Waals surface area (Å²) in [4.78, 5) is 10.6. The van der Waals surface area contributed by atoms with E-state index in [4.69, 9.17) is 0 Å². The Morgan fingerprint density at radius 3 is 2.60 bits per heavy atom. The van der Waals surface area contributed by atoms with E-state index in [2.05, 4.69) is 19.2 Å². The van der Waals surface area contributed by atoms with Gasteiger partial charge in [0.05, 0.1) is 8.49 Å². The number of halogens is 2. The Hall–Kier alpha value is -0.920. The zero-order valence-electron chi connectivity index (χ0n) is 11.8. The van der Waals surface area contributed by atoms with Crippen LogP contribution in [0.4, 0.5) is 15.8 Å². The monoisotopic (exact) mass is 394 g/mol. The normalized spacial score (nSPS) is 12.2. The number of unbranched alkanes of at least 4 members (excludes halogenated alkanes) is 1. The Morgan fingerprint density at radius 2 is 2.05 bits per heavy atom. The summed E-state index contributed by atoms with van der Waals surface area (Å²) in [5, 5.41) is 14.2. The highest BCUT2D eigenvalue weighted by atomic mass is 127. The van der Waals surface area contributed by atoms with Gasteiger partial charge in [0.1, 0.15) is 11.5 Å². The molecule has 4 nitrogen and oxygen atoms in total. The highest BCUT2D eigenvalue weighted by molar-refractivity contribution is 14.1. The maximum Gasteiger partial charge on any atom is 0.293 e. The third-order valence-electron chi connectivity index (χ3n) is 3.14. The van der Waals surface area contributed by atoms with Crippen molar-refractivity contribution in [1.29, 1.82) is 0 Å². The summed E-state index contributed by atoms with van der Waals surface area (Å²) in [5.41, 5.74) is 0.218. The fourth-order valence-corrected chi connectivity index (χ4v) is 2.56. The number of nitrogens with zero attached hydrogens (tertiary/aromatic N) is 1. The van der Waals surface area contributed by atoms with Gasteiger partial charge >= 0.3 is 0 Å². The number of nitro groups is 1. The molecule has 1 unspecified atom stereocenters. The number of benzene rings is 1. The lowest BCUT2D eigenvalue weighted by Gasteiger charge is -2.19. The van der Waals surface area contributed by atoms with Crippen molar-refractivity contribution in [2.75, 3.05) is 5.32 Å². The summed E-state index contributed by atoms with van der Waals surface area (Å²) in [6, 6.07) is 2.66. The topological polar surface area (TPSA) is 55.2 Å². The van der Waals surface area contributed by atoms with E-state index in [1.165, 1.54) is 12.1 Å². The minimum absolute atomic E-state index is 0.0617. The number of anilines is 1.